The van der Waals surface area contributed by atoms with Gasteiger partial charge in [-0.2, -0.15) is 5.26 Å². The van der Waals surface area contributed by atoms with Crippen molar-refractivity contribution in [3.8, 4) is 6.07 Å². The molecule has 0 spiro atoms. The van der Waals surface area contributed by atoms with Gasteiger partial charge in [-0.1, -0.05) is 6.42 Å². The second-order valence-electron chi connectivity index (χ2n) is 5.53. The highest BCUT2D eigenvalue weighted by atomic mass is 16.6. The van der Waals surface area contributed by atoms with Crippen LogP contribution in [0.4, 0.5) is 11.4 Å². The van der Waals surface area contributed by atoms with Crippen LogP contribution in [0.15, 0.2) is 18.2 Å². The normalized spacial score (nSPS) is 28.1. The molecule has 0 radical (unpaired) electrons. The predicted molar refractivity (Wildman–Crippen MR) is 70.7 cm³/mol. The Balaban J connectivity index is 1.80. The number of nitrogens with one attached hydrogen (secondary N) is 1. The van der Waals surface area contributed by atoms with Crippen LogP contribution in [-0.4, -0.2) is 11.0 Å². The van der Waals surface area contributed by atoms with E-state index in [1.54, 1.807) is 6.07 Å². The lowest BCUT2D eigenvalue weighted by Crippen LogP contribution is -2.25. The highest BCUT2D eigenvalue weighted by Crippen LogP contribution is 2.45. The SMILES string of the molecule is N#Cc1ccc(NC2CC3CCC2C3)cc1[N+](=O)[O-]. The lowest BCUT2D eigenvalue weighted by molar-refractivity contribution is -0.385. The Hall–Kier alpha value is -2.09. The van der Waals surface area contributed by atoms with E-state index in [9.17, 15) is 10.1 Å². The molecule has 98 valence electrons. The van der Waals surface area contributed by atoms with Gasteiger partial charge in [0.25, 0.3) is 5.69 Å². The fourth-order valence-electron chi connectivity index (χ4n) is 3.50. The molecule has 0 aliphatic heterocycles. The summed E-state index contributed by atoms with van der Waals surface area (Å²) >= 11 is 0. The summed E-state index contributed by atoms with van der Waals surface area (Å²) in [6, 6.07) is 7.05. The molecule has 2 aliphatic carbocycles. The zero-order valence-corrected chi connectivity index (χ0v) is 10.5. The quantitative estimate of drug-likeness (QED) is 0.666. The molecule has 2 aliphatic rings. The number of hydrogen-bond donors (Lipinski definition) is 1. The van der Waals surface area contributed by atoms with Crippen molar-refractivity contribution in [3.05, 3.63) is 33.9 Å². The van der Waals surface area contributed by atoms with E-state index in [0.717, 1.165) is 11.6 Å². The fraction of sp³-hybridized carbons (Fsp3) is 0.500. The number of fused-ring (bicyclic) bond motifs is 2. The molecule has 1 aromatic rings. The van der Waals surface area contributed by atoms with E-state index >= 15 is 0 Å². The Morgan fingerprint density at radius 3 is 2.79 bits per heavy atom. The largest absolute Gasteiger partial charge is 0.382 e. The third-order valence-corrected chi connectivity index (χ3v) is 4.41. The molecule has 2 bridgehead atoms. The first-order valence-corrected chi connectivity index (χ1v) is 6.62. The molecule has 2 saturated carbocycles. The fourth-order valence-corrected chi connectivity index (χ4v) is 3.50. The lowest BCUT2D eigenvalue weighted by atomic mass is 9.95. The average Bonchev–Trinajstić information content (AvgIpc) is 3.01. The standard InChI is InChI=1S/C14H15N3O2/c15-8-11-3-4-12(7-14(11)17(18)19)16-13-6-9-1-2-10(13)5-9/h3-4,7,9-10,13,16H,1-2,5-6H2. The molecule has 3 rings (SSSR count). The first-order chi connectivity index (χ1) is 9.17. The Kier molecular flexibility index (Phi) is 2.86. The zero-order chi connectivity index (χ0) is 13.4. The second-order valence-corrected chi connectivity index (χ2v) is 5.53. The van der Waals surface area contributed by atoms with Crippen LogP contribution in [0.25, 0.3) is 0 Å². The van der Waals surface area contributed by atoms with Gasteiger partial charge in [0.2, 0.25) is 0 Å². The number of anilines is 1. The Morgan fingerprint density at radius 2 is 2.21 bits per heavy atom. The lowest BCUT2D eigenvalue weighted by Gasteiger charge is -2.23. The molecule has 5 nitrogen and oxygen atoms in total. The molecule has 1 aromatic carbocycles. The van der Waals surface area contributed by atoms with Gasteiger partial charge < -0.3 is 5.32 Å². The van der Waals surface area contributed by atoms with Crippen LogP contribution < -0.4 is 5.32 Å². The van der Waals surface area contributed by atoms with Crippen molar-refractivity contribution in [2.75, 3.05) is 5.32 Å². The van der Waals surface area contributed by atoms with Gasteiger partial charge >= 0.3 is 0 Å². The molecule has 0 heterocycles. The highest BCUT2D eigenvalue weighted by molar-refractivity contribution is 5.59. The van der Waals surface area contributed by atoms with Crippen LogP contribution >= 0.6 is 0 Å². The van der Waals surface area contributed by atoms with Crippen LogP contribution in [0, 0.1) is 33.3 Å². The summed E-state index contributed by atoms with van der Waals surface area (Å²) in [4.78, 5) is 10.4. The van der Waals surface area contributed by atoms with E-state index in [-0.39, 0.29) is 11.3 Å². The summed E-state index contributed by atoms with van der Waals surface area (Å²) in [5.41, 5.74) is 0.752. The molecule has 1 N–H and O–H groups in total. The maximum atomic E-state index is 10.9. The molecule has 2 fully saturated rings. The summed E-state index contributed by atoms with van der Waals surface area (Å²) < 4.78 is 0. The average molecular weight is 257 g/mol. The topological polar surface area (TPSA) is 79.0 Å². The number of nitro benzene ring substituents is 1. The second kappa shape index (κ2) is 4.54. The Labute approximate surface area is 111 Å². The van der Waals surface area contributed by atoms with Gasteiger partial charge in [-0.05, 0) is 43.2 Å². The smallest absolute Gasteiger partial charge is 0.289 e. The summed E-state index contributed by atoms with van der Waals surface area (Å²) in [5, 5.41) is 23.2. The molecule has 0 saturated heterocycles. The maximum Gasteiger partial charge on any atom is 0.289 e. The molecular weight excluding hydrogens is 242 g/mol. The van der Waals surface area contributed by atoms with Crippen molar-refractivity contribution in [2.24, 2.45) is 11.8 Å². The summed E-state index contributed by atoms with van der Waals surface area (Å²) in [7, 11) is 0. The molecule has 5 heteroatoms. The summed E-state index contributed by atoms with van der Waals surface area (Å²) in [5.74, 6) is 1.54. The van der Waals surface area contributed by atoms with Gasteiger partial charge in [-0.25, -0.2) is 0 Å². The van der Waals surface area contributed by atoms with Gasteiger partial charge in [-0.15, -0.1) is 0 Å². The van der Waals surface area contributed by atoms with Crippen molar-refractivity contribution in [1.82, 2.24) is 0 Å². The third kappa shape index (κ3) is 2.14. The third-order valence-electron chi connectivity index (χ3n) is 4.41. The van der Waals surface area contributed by atoms with Gasteiger partial charge in [0.15, 0.2) is 0 Å². The molecule has 0 amide bonds. The van der Waals surface area contributed by atoms with Gasteiger partial charge in [0.1, 0.15) is 11.6 Å². The van der Waals surface area contributed by atoms with Gasteiger partial charge in [0, 0.05) is 17.8 Å². The zero-order valence-electron chi connectivity index (χ0n) is 10.5. The predicted octanol–water partition coefficient (Wildman–Crippen LogP) is 3.07. The van der Waals surface area contributed by atoms with Crippen molar-refractivity contribution < 1.29 is 4.92 Å². The van der Waals surface area contributed by atoms with E-state index < -0.39 is 4.92 Å². The molecule has 0 aromatic heterocycles. The van der Waals surface area contributed by atoms with E-state index in [1.165, 1.54) is 37.8 Å². The van der Waals surface area contributed by atoms with Gasteiger partial charge in [-0.3, -0.25) is 10.1 Å². The van der Waals surface area contributed by atoms with Crippen LogP contribution in [0.1, 0.15) is 31.2 Å². The first kappa shape index (κ1) is 12.0. The highest BCUT2D eigenvalue weighted by Gasteiger charge is 2.39. The van der Waals surface area contributed by atoms with Crippen molar-refractivity contribution >= 4 is 11.4 Å². The van der Waals surface area contributed by atoms with E-state index in [4.69, 9.17) is 5.26 Å². The number of rotatable bonds is 3. The molecular formula is C14H15N3O2. The van der Waals surface area contributed by atoms with E-state index in [2.05, 4.69) is 5.32 Å². The number of nitro groups is 1. The number of benzene rings is 1. The van der Waals surface area contributed by atoms with Crippen LogP contribution in [-0.2, 0) is 0 Å². The number of nitriles is 1. The maximum absolute atomic E-state index is 10.9. The van der Waals surface area contributed by atoms with Crippen molar-refractivity contribution in [2.45, 2.75) is 31.7 Å². The van der Waals surface area contributed by atoms with Crippen molar-refractivity contribution in [3.63, 3.8) is 0 Å². The van der Waals surface area contributed by atoms with Crippen LogP contribution in [0.5, 0.6) is 0 Å². The molecule has 19 heavy (non-hydrogen) atoms. The minimum Gasteiger partial charge on any atom is -0.382 e. The summed E-state index contributed by atoms with van der Waals surface area (Å²) in [6.45, 7) is 0. The first-order valence-electron chi connectivity index (χ1n) is 6.62. The minimum absolute atomic E-state index is 0.114. The number of nitrogens with zero attached hydrogens (tertiary/aromatic N) is 2. The minimum atomic E-state index is -0.496. The number of hydrogen-bond acceptors (Lipinski definition) is 4. The monoisotopic (exact) mass is 257 g/mol. The van der Waals surface area contributed by atoms with Crippen LogP contribution in [0.2, 0.25) is 0 Å². The Morgan fingerprint density at radius 1 is 1.37 bits per heavy atom. The molecule has 3 atom stereocenters. The van der Waals surface area contributed by atoms with E-state index in [1.807, 2.05) is 6.07 Å². The molecule has 3 unspecified atom stereocenters. The van der Waals surface area contributed by atoms with Gasteiger partial charge in [0.05, 0.1) is 4.92 Å². The Bertz CT molecular complexity index is 564. The van der Waals surface area contributed by atoms with Crippen LogP contribution in [0.3, 0.4) is 0 Å². The van der Waals surface area contributed by atoms with E-state index in [0.29, 0.717) is 12.0 Å². The summed E-state index contributed by atoms with van der Waals surface area (Å²) in [6.07, 6.45) is 5.05. The van der Waals surface area contributed by atoms with Crippen molar-refractivity contribution in [1.29, 1.82) is 5.26 Å².